The average Bonchev–Trinajstić information content (AvgIpc) is 3.79. The molecule has 0 spiro atoms. The van der Waals surface area contributed by atoms with E-state index in [-0.39, 0.29) is 77.1 Å². The first-order chi connectivity index (χ1) is 30.8. The average molecular weight is 938 g/mol. The minimum atomic E-state index is -0.448. The summed E-state index contributed by atoms with van der Waals surface area (Å²) in [6.07, 6.45) is 9.60. The van der Waals surface area contributed by atoms with Crippen molar-refractivity contribution in [2.75, 3.05) is 32.5 Å². The second-order valence-corrected chi connectivity index (χ2v) is 21.3. The summed E-state index contributed by atoms with van der Waals surface area (Å²) in [6.45, 7) is 16.5. The van der Waals surface area contributed by atoms with Crippen molar-refractivity contribution in [2.45, 2.75) is 155 Å². The van der Waals surface area contributed by atoms with Crippen molar-refractivity contribution in [3.8, 4) is 5.75 Å². The topological polar surface area (TPSA) is 142 Å². The van der Waals surface area contributed by atoms with Gasteiger partial charge in [-0.15, -0.1) is 11.3 Å². The van der Waals surface area contributed by atoms with Crippen LogP contribution in [0.25, 0.3) is 0 Å². The van der Waals surface area contributed by atoms with E-state index in [9.17, 15) is 24.3 Å². The van der Waals surface area contributed by atoms with Gasteiger partial charge in [-0.3, -0.25) is 24.1 Å². The Morgan fingerprint density at radius 2 is 1.78 bits per heavy atom. The van der Waals surface area contributed by atoms with Crippen LogP contribution in [0.4, 0.5) is 0 Å². The highest BCUT2D eigenvalue weighted by Crippen LogP contribution is 2.34. The van der Waals surface area contributed by atoms with Crippen LogP contribution < -0.4 is 5.32 Å². The number of ether oxygens (including phenoxy) is 1. The zero-order valence-corrected chi connectivity index (χ0v) is 42.1. The van der Waals surface area contributed by atoms with Gasteiger partial charge in [-0.25, -0.2) is 9.97 Å². The number of hydrogen-bond donors (Lipinski definition) is 2. The van der Waals surface area contributed by atoms with Crippen molar-refractivity contribution in [1.29, 1.82) is 0 Å². The van der Waals surface area contributed by atoms with Crippen molar-refractivity contribution in [2.24, 2.45) is 23.7 Å². The van der Waals surface area contributed by atoms with Crippen molar-refractivity contribution in [3.63, 3.8) is 0 Å². The normalized spacial score (nSPS) is 17.3. The number of piperidine rings is 1. The Bertz CT molecular complexity index is 1860. The van der Waals surface area contributed by atoms with E-state index in [0.29, 0.717) is 43.8 Å². The van der Waals surface area contributed by atoms with Crippen molar-refractivity contribution in [1.82, 2.24) is 25.1 Å². The van der Waals surface area contributed by atoms with Gasteiger partial charge in [0.05, 0.1) is 6.04 Å². The van der Waals surface area contributed by atoms with Gasteiger partial charge in [0, 0.05) is 73.7 Å². The molecule has 14 heteroatoms. The highest BCUT2D eigenvalue weighted by atomic mass is 33.1. The van der Waals surface area contributed by atoms with E-state index < -0.39 is 12.0 Å². The second-order valence-electron chi connectivity index (χ2n) is 18.0. The Morgan fingerprint density at radius 3 is 2.44 bits per heavy atom. The molecule has 1 saturated heterocycles. The van der Waals surface area contributed by atoms with Crippen LogP contribution in [0, 0.1) is 23.7 Å². The number of likely N-dealkylation sites (tertiary alicyclic amines) is 1. The number of hydrogen-bond acceptors (Lipinski definition) is 12. The first kappa shape index (κ1) is 53.3. The Balaban J connectivity index is 1.49. The molecule has 64 heavy (non-hydrogen) atoms. The number of carbonyl (C=O) groups is 4. The van der Waals surface area contributed by atoms with E-state index in [0.717, 1.165) is 67.8 Å². The molecule has 354 valence electrons. The highest BCUT2D eigenvalue weighted by Gasteiger charge is 2.38. The minimum absolute atomic E-state index is 0.0426. The number of carbonyl (C=O) groups excluding carboxylic acids is 4. The molecule has 0 radical (unpaired) electrons. The smallest absolute Gasteiger partial charge is 0.270 e. The molecule has 3 heterocycles. The number of ketones is 2. The molecule has 7 atom stereocenters. The number of rotatable bonds is 29. The number of aromatic nitrogens is 2. The van der Waals surface area contributed by atoms with Gasteiger partial charge < -0.3 is 20.1 Å². The quantitative estimate of drug-likeness (QED) is 0.0507. The van der Waals surface area contributed by atoms with Crippen LogP contribution in [0.15, 0.2) is 59.1 Å². The number of phenols is 1. The third kappa shape index (κ3) is 16.8. The van der Waals surface area contributed by atoms with Gasteiger partial charge in [0.1, 0.15) is 33.4 Å². The van der Waals surface area contributed by atoms with Crippen LogP contribution in [0.1, 0.15) is 146 Å². The molecule has 0 bridgehead atoms. The lowest BCUT2D eigenvalue weighted by atomic mass is 9.82. The number of Topliss-reactive ketones (excluding diaryl/α,β-unsaturated/α-hetero) is 2. The zero-order chi connectivity index (χ0) is 46.6. The maximum atomic E-state index is 14.8. The summed E-state index contributed by atoms with van der Waals surface area (Å²) in [5.41, 5.74) is 1.22. The largest absolute Gasteiger partial charge is 0.508 e. The Kier molecular flexibility index (Phi) is 23.3. The Labute approximate surface area is 395 Å². The van der Waals surface area contributed by atoms with Crippen molar-refractivity contribution < 1.29 is 29.0 Å². The van der Waals surface area contributed by atoms with E-state index in [4.69, 9.17) is 9.72 Å². The first-order valence-corrected chi connectivity index (χ1v) is 26.9. The third-order valence-electron chi connectivity index (χ3n) is 12.5. The Morgan fingerprint density at radius 1 is 1.02 bits per heavy atom. The molecular formula is C50H75N5O6S3. The number of phenolic OH excluding ortho intramolecular Hbond substituents is 1. The van der Waals surface area contributed by atoms with Crippen LogP contribution in [0.3, 0.4) is 0 Å². The molecule has 0 aliphatic carbocycles. The van der Waals surface area contributed by atoms with Gasteiger partial charge in [-0.2, -0.15) is 0 Å². The van der Waals surface area contributed by atoms with E-state index in [1.165, 1.54) is 11.3 Å². The third-order valence-corrected chi connectivity index (χ3v) is 15.8. The van der Waals surface area contributed by atoms with Crippen LogP contribution >= 0.6 is 32.9 Å². The molecule has 4 rings (SSSR count). The molecule has 3 aromatic rings. The predicted molar refractivity (Wildman–Crippen MR) is 263 cm³/mol. The molecule has 2 N–H and O–H groups in total. The Hall–Kier alpha value is -3.30. The minimum Gasteiger partial charge on any atom is -0.508 e. The van der Waals surface area contributed by atoms with Crippen LogP contribution in [-0.4, -0.2) is 98.9 Å². The lowest BCUT2D eigenvalue weighted by Gasteiger charge is -2.40. The first-order valence-electron chi connectivity index (χ1n) is 23.7. The fraction of sp³-hybridized carbons (Fsp3) is 0.640. The molecule has 2 aromatic heterocycles. The number of benzene rings is 1. The molecule has 2 amide bonds. The van der Waals surface area contributed by atoms with E-state index in [1.807, 2.05) is 49.2 Å². The number of likely N-dealkylation sites (N-methyl/N-ethyl adjacent to an activating group) is 1. The molecule has 1 unspecified atom stereocenters. The van der Waals surface area contributed by atoms with E-state index >= 15 is 0 Å². The summed E-state index contributed by atoms with van der Waals surface area (Å²) in [6, 6.07) is 12.1. The highest BCUT2D eigenvalue weighted by molar-refractivity contribution is 8.76. The number of nitrogens with one attached hydrogen (secondary N) is 1. The molecule has 0 saturated carbocycles. The van der Waals surface area contributed by atoms with E-state index in [2.05, 4.69) is 56.7 Å². The lowest BCUT2D eigenvalue weighted by Crippen LogP contribution is -2.50. The summed E-state index contributed by atoms with van der Waals surface area (Å²) >= 11 is 1.39. The predicted octanol–water partition coefficient (Wildman–Crippen LogP) is 10.6. The van der Waals surface area contributed by atoms with Gasteiger partial charge in [-0.1, -0.05) is 90.3 Å². The van der Waals surface area contributed by atoms with Crippen LogP contribution in [0.2, 0.25) is 0 Å². The molecule has 1 aliphatic rings. The summed E-state index contributed by atoms with van der Waals surface area (Å²) < 4.78 is 6.52. The van der Waals surface area contributed by atoms with Gasteiger partial charge in [0.25, 0.3) is 5.91 Å². The lowest BCUT2D eigenvalue weighted by molar-refractivity contribution is -0.145. The fourth-order valence-electron chi connectivity index (χ4n) is 8.54. The summed E-state index contributed by atoms with van der Waals surface area (Å²) in [4.78, 5) is 69.5. The number of thiazole rings is 1. The van der Waals surface area contributed by atoms with E-state index in [1.54, 1.807) is 45.3 Å². The van der Waals surface area contributed by atoms with Gasteiger partial charge in [0.2, 0.25) is 5.91 Å². The number of aromatic hydroxyl groups is 1. The van der Waals surface area contributed by atoms with Crippen LogP contribution in [0.5, 0.6) is 5.75 Å². The fourth-order valence-corrected chi connectivity index (χ4v) is 11.4. The number of nitrogens with zero attached hydrogens (tertiary/aromatic N) is 4. The summed E-state index contributed by atoms with van der Waals surface area (Å²) in [7, 11) is 5.32. The molecule has 1 aromatic carbocycles. The molecule has 1 fully saturated rings. The molecule has 1 aliphatic heterocycles. The van der Waals surface area contributed by atoms with Crippen molar-refractivity contribution in [3.05, 3.63) is 70.3 Å². The monoisotopic (exact) mass is 937 g/mol. The summed E-state index contributed by atoms with van der Waals surface area (Å²) in [5, 5.41) is 16.5. The maximum Gasteiger partial charge on any atom is 0.270 e. The zero-order valence-electron chi connectivity index (χ0n) is 39.6. The summed E-state index contributed by atoms with van der Waals surface area (Å²) in [5.74, 6) is 0.507. The maximum absolute atomic E-state index is 14.8. The van der Waals surface area contributed by atoms with Gasteiger partial charge >= 0.3 is 0 Å². The standard InChI is InChI=1S/C50H75N5O6S3/c1-9-25-55(50(60)40(35(6)11-3)31-45(58)42-17-13-15-26-54(42)8)43(34(4)5)32-46(61-27-10-2)49-53-41(33-62-49)48(59)52-38(30-37-20-22-39(56)23-21-37)29-36(7)44(57)18-16-28-63-64-47-19-12-14-24-51-47/h12,14,19-24,33-36,38,40,42-43,46,56H,9-11,13,15-18,25-32H2,1-8H3,(H,52,59)/t35?,36-,38+,40-,42+,43+,46+/m0/s1. The molecular weight excluding hydrogens is 863 g/mol. The van der Waals surface area contributed by atoms with Gasteiger partial charge in [0.15, 0.2) is 5.78 Å². The van der Waals surface area contributed by atoms with Gasteiger partial charge in [-0.05, 0) is 111 Å². The second kappa shape index (κ2) is 28.0. The van der Waals surface area contributed by atoms with Crippen molar-refractivity contribution >= 4 is 56.3 Å². The SMILES string of the molecule is CCCO[C@H](C[C@H](C(C)C)N(CCC)C(=O)[C@@H](CC(=O)[C@H]1CCCCN1C)C(C)CC)c1nc(C(=O)N[C@@H](Cc2ccc(O)cc2)C[C@H](C)C(=O)CCCSSc2ccccn2)cs1. The van der Waals surface area contributed by atoms with Crippen LogP contribution in [-0.2, 0) is 25.5 Å². The number of pyridine rings is 1. The number of amides is 2. The molecule has 11 nitrogen and oxygen atoms in total.